The molecule has 108 valence electrons. The smallest absolute Gasteiger partial charge is 0.122 e. The van der Waals surface area contributed by atoms with Crippen molar-refractivity contribution in [3.63, 3.8) is 0 Å². The summed E-state index contributed by atoms with van der Waals surface area (Å²) in [7, 11) is 0. The van der Waals surface area contributed by atoms with Crippen molar-refractivity contribution in [1.29, 1.82) is 0 Å². The van der Waals surface area contributed by atoms with E-state index >= 15 is 0 Å². The zero-order chi connectivity index (χ0) is 14.1. The summed E-state index contributed by atoms with van der Waals surface area (Å²) in [4.78, 5) is 0. The molecule has 0 radical (unpaired) electrons. The van der Waals surface area contributed by atoms with E-state index < -0.39 is 0 Å². The molecule has 1 atom stereocenters. The number of nitrogens with two attached hydrogens (primary N) is 1. The number of benzene rings is 1. The largest absolute Gasteiger partial charge is 0.493 e. The van der Waals surface area contributed by atoms with Gasteiger partial charge < -0.3 is 10.5 Å². The summed E-state index contributed by atoms with van der Waals surface area (Å²) in [6.45, 7) is 7.29. The topological polar surface area (TPSA) is 35.2 Å². The molecule has 0 fully saturated rings. The molecule has 0 heterocycles. The van der Waals surface area contributed by atoms with Crippen LogP contribution in [0.15, 0.2) is 18.2 Å². The molecule has 1 unspecified atom stereocenters. The first-order valence-corrected chi connectivity index (χ1v) is 7.65. The summed E-state index contributed by atoms with van der Waals surface area (Å²) >= 11 is 0. The fraction of sp³-hybridized carbons (Fsp3) is 0.647. The van der Waals surface area contributed by atoms with Crippen LogP contribution in [0.2, 0.25) is 0 Å². The Morgan fingerprint density at radius 2 is 1.95 bits per heavy atom. The molecule has 19 heavy (non-hydrogen) atoms. The first-order chi connectivity index (χ1) is 9.17. The Bertz CT molecular complexity index is 362. The Labute approximate surface area is 118 Å². The molecule has 1 rings (SSSR count). The van der Waals surface area contributed by atoms with Crippen LogP contribution in [0.3, 0.4) is 0 Å². The molecule has 2 heteroatoms. The summed E-state index contributed by atoms with van der Waals surface area (Å²) in [6, 6.07) is 6.63. The van der Waals surface area contributed by atoms with E-state index in [9.17, 15) is 0 Å². The van der Waals surface area contributed by atoms with Gasteiger partial charge in [0.05, 0.1) is 6.61 Å². The normalized spacial score (nSPS) is 12.4. The average molecular weight is 263 g/mol. The Kier molecular flexibility index (Phi) is 7.57. The van der Waals surface area contributed by atoms with E-state index in [0.717, 1.165) is 31.6 Å². The van der Waals surface area contributed by atoms with Gasteiger partial charge >= 0.3 is 0 Å². The Morgan fingerprint density at radius 3 is 2.63 bits per heavy atom. The standard InChI is InChI=1S/C17H29NO/c1-4-6-7-8-11-19-17-10-9-14(3)12-15(17)13-16(18)5-2/h9-10,12,16H,4-8,11,13,18H2,1-3H3. The van der Waals surface area contributed by atoms with Gasteiger partial charge in [0, 0.05) is 6.04 Å². The Balaban J connectivity index is 2.55. The summed E-state index contributed by atoms with van der Waals surface area (Å²) < 4.78 is 5.93. The lowest BCUT2D eigenvalue weighted by atomic mass is 10.0. The van der Waals surface area contributed by atoms with E-state index in [-0.39, 0.29) is 6.04 Å². The SMILES string of the molecule is CCCCCCOc1ccc(C)cc1CC(N)CC. The lowest BCUT2D eigenvalue weighted by Gasteiger charge is -2.15. The zero-order valence-electron chi connectivity index (χ0n) is 12.7. The molecule has 0 aliphatic heterocycles. The van der Waals surface area contributed by atoms with Crippen LogP contribution < -0.4 is 10.5 Å². The third-order valence-corrected chi connectivity index (χ3v) is 3.48. The molecule has 0 amide bonds. The maximum absolute atomic E-state index is 6.06. The highest BCUT2D eigenvalue weighted by Crippen LogP contribution is 2.22. The van der Waals surface area contributed by atoms with Crippen LogP contribution in [0.4, 0.5) is 0 Å². The summed E-state index contributed by atoms with van der Waals surface area (Å²) in [5.74, 6) is 1.02. The van der Waals surface area contributed by atoms with Crippen LogP contribution in [-0.4, -0.2) is 12.6 Å². The molecule has 2 N–H and O–H groups in total. The molecule has 2 nitrogen and oxygen atoms in total. The predicted octanol–water partition coefficient (Wildman–Crippen LogP) is 4.23. The first kappa shape index (κ1) is 16.0. The summed E-state index contributed by atoms with van der Waals surface area (Å²) in [5.41, 5.74) is 8.59. The van der Waals surface area contributed by atoms with Gasteiger partial charge in [0.2, 0.25) is 0 Å². The van der Waals surface area contributed by atoms with Crippen LogP contribution >= 0.6 is 0 Å². The second-order valence-electron chi connectivity index (χ2n) is 5.39. The molecule has 0 saturated heterocycles. The Hall–Kier alpha value is -1.02. The number of hydrogen-bond donors (Lipinski definition) is 1. The van der Waals surface area contributed by atoms with Gasteiger partial charge in [0.1, 0.15) is 5.75 Å². The molecule has 0 aromatic heterocycles. The van der Waals surface area contributed by atoms with Crippen molar-refractivity contribution in [2.75, 3.05) is 6.61 Å². The van der Waals surface area contributed by atoms with Crippen LogP contribution in [0, 0.1) is 6.92 Å². The molecule has 0 aliphatic rings. The average Bonchev–Trinajstić information content (AvgIpc) is 2.40. The highest BCUT2D eigenvalue weighted by Gasteiger charge is 2.08. The molecule has 0 spiro atoms. The van der Waals surface area contributed by atoms with Crippen LogP contribution in [0.5, 0.6) is 5.75 Å². The monoisotopic (exact) mass is 263 g/mol. The van der Waals surface area contributed by atoms with Gasteiger partial charge in [-0.2, -0.15) is 0 Å². The van der Waals surface area contributed by atoms with E-state index in [1.54, 1.807) is 0 Å². The van der Waals surface area contributed by atoms with E-state index in [1.165, 1.54) is 30.4 Å². The number of hydrogen-bond acceptors (Lipinski definition) is 2. The van der Waals surface area contributed by atoms with E-state index in [4.69, 9.17) is 10.5 Å². The Morgan fingerprint density at radius 1 is 1.16 bits per heavy atom. The van der Waals surface area contributed by atoms with Crippen molar-refractivity contribution in [3.05, 3.63) is 29.3 Å². The quantitative estimate of drug-likeness (QED) is 0.677. The zero-order valence-corrected chi connectivity index (χ0v) is 12.7. The third-order valence-electron chi connectivity index (χ3n) is 3.48. The molecular formula is C17H29NO. The van der Waals surface area contributed by atoms with Crippen LogP contribution in [0.25, 0.3) is 0 Å². The van der Waals surface area contributed by atoms with Gasteiger partial charge in [0.15, 0.2) is 0 Å². The fourth-order valence-corrected chi connectivity index (χ4v) is 2.15. The molecule has 0 bridgehead atoms. The van der Waals surface area contributed by atoms with Gasteiger partial charge in [-0.25, -0.2) is 0 Å². The summed E-state index contributed by atoms with van der Waals surface area (Å²) in [5, 5.41) is 0. The number of unbranched alkanes of at least 4 members (excludes halogenated alkanes) is 3. The van der Waals surface area contributed by atoms with E-state index in [0.29, 0.717) is 0 Å². The minimum absolute atomic E-state index is 0.226. The van der Waals surface area contributed by atoms with Gasteiger partial charge in [0.25, 0.3) is 0 Å². The van der Waals surface area contributed by atoms with Gasteiger partial charge in [-0.05, 0) is 37.8 Å². The van der Waals surface area contributed by atoms with E-state index in [1.807, 2.05) is 0 Å². The van der Waals surface area contributed by atoms with Gasteiger partial charge in [-0.1, -0.05) is 50.8 Å². The fourth-order valence-electron chi connectivity index (χ4n) is 2.15. The van der Waals surface area contributed by atoms with Crippen LogP contribution in [-0.2, 0) is 6.42 Å². The van der Waals surface area contributed by atoms with Crippen molar-refractivity contribution in [2.45, 2.75) is 65.3 Å². The molecule has 1 aromatic carbocycles. The second-order valence-corrected chi connectivity index (χ2v) is 5.39. The lowest BCUT2D eigenvalue weighted by Crippen LogP contribution is -2.21. The second kappa shape index (κ2) is 8.98. The minimum atomic E-state index is 0.226. The van der Waals surface area contributed by atoms with Crippen molar-refractivity contribution >= 4 is 0 Å². The molecule has 1 aromatic rings. The highest BCUT2D eigenvalue weighted by molar-refractivity contribution is 5.37. The maximum atomic E-state index is 6.06. The van der Waals surface area contributed by atoms with Crippen molar-refractivity contribution in [2.24, 2.45) is 5.73 Å². The van der Waals surface area contributed by atoms with Crippen molar-refractivity contribution in [3.8, 4) is 5.75 Å². The minimum Gasteiger partial charge on any atom is -0.493 e. The molecular weight excluding hydrogens is 234 g/mol. The molecule has 0 aliphatic carbocycles. The highest BCUT2D eigenvalue weighted by atomic mass is 16.5. The third kappa shape index (κ3) is 6.11. The number of rotatable bonds is 9. The number of aryl methyl sites for hydroxylation is 1. The predicted molar refractivity (Wildman–Crippen MR) is 82.8 cm³/mol. The van der Waals surface area contributed by atoms with Crippen molar-refractivity contribution in [1.82, 2.24) is 0 Å². The lowest BCUT2D eigenvalue weighted by molar-refractivity contribution is 0.301. The molecule has 0 saturated carbocycles. The van der Waals surface area contributed by atoms with Crippen LogP contribution in [0.1, 0.15) is 57.1 Å². The maximum Gasteiger partial charge on any atom is 0.122 e. The van der Waals surface area contributed by atoms with Gasteiger partial charge in [-0.15, -0.1) is 0 Å². The van der Waals surface area contributed by atoms with Gasteiger partial charge in [-0.3, -0.25) is 0 Å². The summed E-state index contributed by atoms with van der Waals surface area (Å²) in [6.07, 6.45) is 6.87. The van der Waals surface area contributed by atoms with Crippen molar-refractivity contribution < 1.29 is 4.74 Å². The van der Waals surface area contributed by atoms with E-state index in [2.05, 4.69) is 39.0 Å². The number of ether oxygens (including phenoxy) is 1. The first-order valence-electron chi connectivity index (χ1n) is 7.65.